The molecule has 1 atom stereocenters. The van der Waals surface area contributed by atoms with Crippen molar-refractivity contribution < 1.29 is 5.11 Å². The first-order valence-corrected chi connectivity index (χ1v) is 3.57. The Labute approximate surface area is 63.5 Å². The molecule has 0 aromatic carbocycles. The minimum Gasteiger partial charge on any atom is -0.377 e. The molecular weight excluding hydrogens is 124 g/mol. The average molecular weight is 140 g/mol. The maximum Gasteiger partial charge on any atom is 0.129 e. The van der Waals surface area contributed by atoms with Gasteiger partial charge in [-0.1, -0.05) is 33.6 Å². The minimum absolute atomic E-state index is 0.226. The summed E-state index contributed by atoms with van der Waals surface area (Å²) < 4.78 is 0. The summed E-state index contributed by atoms with van der Waals surface area (Å²) >= 11 is 0. The summed E-state index contributed by atoms with van der Waals surface area (Å²) in [4.78, 5) is 0. The molecule has 0 aliphatic carbocycles. The molecule has 58 valence electrons. The van der Waals surface area contributed by atoms with Crippen LogP contribution >= 0.6 is 0 Å². The average Bonchev–Trinajstić information content (AvgIpc) is 1.84. The van der Waals surface area contributed by atoms with Crippen molar-refractivity contribution in [2.45, 2.75) is 39.7 Å². The smallest absolute Gasteiger partial charge is 0.129 e. The van der Waals surface area contributed by atoms with Crippen LogP contribution in [-0.4, -0.2) is 10.7 Å². The van der Waals surface area contributed by atoms with Crippen LogP contribution in [0, 0.1) is 17.8 Å². The molecule has 1 heteroatoms. The van der Waals surface area contributed by atoms with Gasteiger partial charge in [0.2, 0.25) is 0 Å². The van der Waals surface area contributed by atoms with Crippen molar-refractivity contribution in [1.82, 2.24) is 0 Å². The van der Waals surface area contributed by atoms with Gasteiger partial charge in [0.25, 0.3) is 0 Å². The molecule has 10 heavy (non-hydrogen) atoms. The Balaban J connectivity index is 4.54. The van der Waals surface area contributed by atoms with Gasteiger partial charge in [0.15, 0.2) is 0 Å². The number of hydrogen-bond donors (Lipinski definition) is 1. The Morgan fingerprint density at radius 1 is 1.40 bits per heavy atom. The lowest BCUT2D eigenvalue weighted by molar-refractivity contribution is -0.00735. The molecule has 0 amide bonds. The lowest BCUT2D eigenvalue weighted by Gasteiger charge is -2.34. The quantitative estimate of drug-likeness (QED) is 0.551. The fraction of sp³-hybridized carbons (Fsp3) is 0.778. The number of aliphatic hydroxyl groups is 1. The maximum absolute atomic E-state index is 9.73. The second-order valence-corrected chi connectivity index (χ2v) is 3.61. The number of rotatable bonds is 1. The summed E-state index contributed by atoms with van der Waals surface area (Å²) in [5.74, 6) is 2.42. The maximum atomic E-state index is 9.73. The highest BCUT2D eigenvalue weighted by Gasteiger charge is 2.36. The topological polar surface area (TPSA) is 20.2 Å². The Morgan fingerprint density at radius 3 is 1.80 bits per heavy atom. The van der Waals surface area contributed by atoms with E-state index >= 15 is 0 Å². The standard InChI is InChI=1S/C9H16O/c1-6-9(10,7-2)8(3,4)5/h1,10H,7H2,2-5H3. The lowest BCUT2D eigenvalue weighted by Crippen LogP contribution is -2.40. The molecule has 0 aromatic heterocycles. The van der Waals surface area contributed by atoms with E-state index in [1.54, 1.807) is 0 Å². The van der Waals surface area contributed by atoms with Gasteiger partial charge in [-0.25, -0.2) is 0 Å². The first-order chi connectivity index (χ1) is 4.37. The largest absolute Gasteiger partial charge is 0.377 e. The van der Waals surface area contributed by atoms with Crippen LogP contribution in [0.4, 0.5) is 0 Å². The lowest BCUT2D eigenvalue weighted by atomic mass is 9.75. The van der Waals surface area contributed by atoms with E-state index in [-0.39, 0.29) is 5.41 Å². The molecule has 1 N–H and O–H groups in total. The van der Waals surface area contributed by atoms with Gasteiger partial charge in [-0.15, -0.1) is 6.42 Å². The Morgan fingerprint density at radius 2 is 1.80 bits per heavy atom. The second-order valence-electron chi connectivity index (χ2n) is 3.61. The van der Waals surface area contributed by atoms with Crippen LogP contribution in [0.25, 0.3) is 0 Å². The van der Waals surface area contributed by atoms with Crippen molar-refractivity contribution in [3.63, 3.8) is 0 Å². The Bertz CT molecular complexity index is 147. The molecule has 0 fully saturated rings. The van der Waals surface area contributed by atoms with Gasteiger partial charge in [0, 0.05) is 5.41 Å². The molecule has 1 unspecified atom stereocenters. The van der Waals surface area contributed by atoms with E-state index in [9.17, 15) is 5.11 Å². The molecule has 0 radical (unpaired) electrons. The van der Waals surface area contributed by atoms with Crippen LogP contribution in [0.3, 0.4) is 0 Å². The highest BCUT2D eigenvalue weighted by molar-refractivity contribution is 5.12. The van der Waals surface area contributed by atoms with Crippen molar-refractivity contribution in [2.75, 3.05) is 0 Å². The van der Waals surface area contributed by atoms with Crippen molar-refractivity contribution in [2.24, 2.45) is 5.41 Å². The molecule has 0 spiro atoms. The van der Waals surface area contributed by atoms with Crippen LogP contribution in [0.1, 0.15) is 34.1 Å². The highest BCUT2D eigenvalue weighted by atomic mass is 16.3. The van der Waals surface area contributed by atoms with Crippen LogP contribution < -0.4 is 0 Å². The van der Waals surface area contributed by atoms with Gasteiger partial charge in [-0.05, 0) is 6.42 Å². The zero-order valence-corrected chi connectivity index (χ0v) is 7.23. The van der Waals surface area contributed by atoms with Gasteiger partial charge >= 0.3 is 0 Å². The molecular formula is C9H16O. The van der Waals surface area contributed by atoms with Crippen LogP contribution in [-0.2, 0) is 0 Å². The zero-order chi connectivity index (χ0) is 8.41. The number of hydrogen-bond acceptors (Lipinski definition) is 1. The third kappa shape index (κ3) is 1.52. The van der Waals surface area contributed by atoms with E-state index in [4.69, 9.17) is 6.42 Å². The predicted molar refractivity (Wildman–Crippen MR) is 43.5 cm³/mol. The summed E-state index contributed by atoms with van der Waals surface area (Å²) in [5, 5.41) is 9.73. The first kappa shape index (κ1) is 9.52. The fourth-order valence-electron chi connectivity index (χ4n) is 0.849. The first-order valence-electron chi connectivity index (χ1n) is 3.57. The van der Waals surface area contributed by atoms with Crippen molar-refractivity contribution in [3.8, 4) is 12.3 Å². The fourth-order valence-corrected chi connectivity index (χ4v) is 0.849. The normalized spacial score (nSPS) is 17.6. The Hall–Kier alpha value is -0.480. The van der Waals surface area contributed by atoms with E-state index in [0.29, 0.717) is 6.42 Å². The molecule has 0 saturated carbocycles. The van der Waals surface area contributed by atoms with Gasteiger partial charge in [-0.2, -0.15) is 0 Å². The van der Waals surface area contributed by atoms with E-state index in [1.165, 1.54) is 0 Å². The molecule has 1 nitrogen and oxygen atoms in total. The van der Waals surface area contributed by atoms with Crippen molar-refractivity contribution >= 4 is 0 Å². The van der Waals surface area contributed by atoms with Gasteiger partial charge in [0.05, 0.1) is 0 Å². The Kier molecular flexibility index (Phi) is 2.51. The molecule has 0 saturated heterocycles. The molecule has 0 aliphatic rings. The van der Waals surface area contributed by atoms with E-state index in [1.807, 2.05) is 27.7 Å². The molecule has 0 aliphatic heterocycles. The summed E-state index contributed by atoms with van der Waals surface area (Å²) in [7, 11) is 0. The van der Waals surface area contributed by atoms with Crippen LogP contribution in [0.2, 0.25) is 0 Å². The van der Waals surface area contributed by atoms with Gasteiger partial charge < -0.3 is 5.11 Å². The van der Waals surface area contributed by atoms with Crippen molar-refractivity contribution in [1.29, 1.82) is 0 Å². The number of terminal acetylenes is 1. The summed E-state index contributed by atoms with van der Waals surface area (Å²) in [6.07, 6.45) is 5.81. The van der Waals surface area contributed by atoms with Gasteiger partial charge in [0.1, 0.15) is 5.60 Å². The molecule has 0 aromatic rings. The van der Waals surface area contributed by atoms with E-state index in [2.05, 4.69) is 5.92 Å². The monoisotopic (exact) mass is 140 g/mol. The third-order valence-electron chi connectivity index (χ3n) is 1.99. The molecule has 0 bridgehead atoms. The summed E-state index contributed by atoms with van der Waals surface area (Å²) in [5.41, 5.74) is -1.18. The van der Waals surface area contributed by atoms with Crippen LogP contribution in [0.15, 0.2) is 0 Å². The van der Waals surface area contributed by atoms with Crippen LogP contribution in [0.5, 0.6) is 0 Å². The zero-order valence-electron chi connectivity index (χ0n) is 7.23. The van der Waals surface area contributed by atoms with E-state index in [0.717, 1.165) is 0 Å². The third-order valence-corrected chi connectivity index (χ3v) is 1.99. The summed E-state index contributed by atoms with van der Waals surface area (Å²) in [6, 6.07) is 0. The van der Waals surface area contributed by atoms with Crippen molar-refractivity contribution in [3.05, 3.63) is 0 Å². The molecule has 0 rings (SSSR count). The van der Waals surface area contributed by atoms with Gasteiger partial charge in [-0.3, -0.25) is 0 Å². The van der Waals surface area contributed by atoms with E-state index < -0.39 is 5.60 Å². The second kappa shape index (κ2) is 2.64. The minimum atomic E-state index is -0.951. The predicted octanol–water partition coefficient (Wildman–Crippen LogP) is 1.81. The highest BCUT2D eigenvalue weighted by Crippen LogP contribution is 2.31. The SMILES string of the molecule is C#CC(O)(CC)C(C)(C)C. The molecule has 0 heterocycles. The summed E-state index contributed by atoms with van der Waals surface area (Å²) in [6.45, 7) is 7.72.